The highest BCUT2D eigenvalue weighted by Crippen LogP contribution is 2.31. The second-order valence-electron chi connectivity index (χ2n) is 4.50. The Morgan fingerprint density at radius 2 is 1.52 bits per heavy atom. The van der Waals surface area contributed by atoms with Crippen molar-refractivity contribution >= 4 is 27.3 Å². The Kier molecular flexibility index (Phi) is 5.23. The molecule has 0 aliphatic rings. The van der Waals surface area contributed by atoms with Crippen LogP contribution in [-0.2, 0) is 10.0 Å². The summed E-state index contributed by atoms with van der Waals surface area (Å²) in [5, 5.41) is 0.286. The van der Waals surface area contributed by atoms with Crippen molar-refractivity contribution in [2.75, 3.05) is 26.1 Å². The molecule has 0 heterocycles. The van der Waals surface area contributed by atoms with Crippen LogP contribution in [-0.4, -0.2) is 29.7 Å². The molecule has 2 aromatic carbocycles. The zero-order valence-corrected chi connectivity index (χ0v) is 14.4. The van der Waals surface area contributed by atoms with E-state index in [-0.39, 0.29) is 15.7 Å². The molecule has 0 amide bonds. The summed E-state index contributed by atoms with van der Waals surface area (Å²) in [7, 11) is 0.445. The van der Waals surface area contributed by atoms with Gasteiger partial charge in [-0.05, 0) is 18.2 Å². The number of hydrogen-bond acceptors (Lipinski definition) is 5. The van der Waals surface area contributed by atoms with Gasteiger partial charge in [-0.1, -0.05) is 11.6 Å². The number of hydrogen-bond donors (Lipinski definition) is 1. The number of halogens is 1. The average Bonchev–Trinajstić information content (AvgIpc) is 2.53. The van der Waals surface area contributed by atoms with E-state index in [0.29, 0.717) is 17.2 Å². The van der Waals surface area contributed by atoms with Gasteiger partial charge in [-0.2, -0.15) is 0 Å². The summed E-state index contributed by atoms with van der Waals surface area (Å²) in [5.74, 6) is 1.11. The molecule has 6 nitrogen and oxygen atoms in total. The van der Waals surface area contributed by atoms with Crippen LogP contribution in [0.4, 0.5) is 5.69 Å². The van der Waals surface area contributed by atoms with Crippen LogP contribution >= 0.6 is 11.6 Å². The maximum absolute atomic E-state index is 12.6. The summed E-state index contributed by atoms with van der Waals surface area (Å²) < 4.78 is 43.0. The van der Waals surface area contributed by atoms with Crippen LogP contribution in [0.2, 0.25) is 5.02 Å². The normalized spacial score (nSPS) is 11.0. The van der Waals surface area contributed by atoms with E-state index >= 15 is 0 Å². The van der Waals surface area contributed by atoms with Crippen LogP contribution in [0.1, 0.15) is 0 Å². The first-order chi connectivity index (χ1) is 10.9. The van der Waals surface area contributed by atoms with Crippen molar-refractivity contribution < 1.29 is 22.6 Å². The standard InChI is InChI=1S/C15H16ClNO5S/c1-20-12-7-11(8-13(9-12)21-2)17-23(18,19)15-6-10(16)4-5-14(15)22-3/h4-9,17H,1-3H3. The first-order valence-electron chi connectivity index (χ1n) is 6.49. The second-order valence-corrected chi connectivity index (χ2v) is 6.59. The summed E-state index contributed by atoms with van der Waals surface area (Å²) in [5.41, 5.74) is 0.295. The fraction of sp³-hybridized carbons (Fsp3) is 0.200. The van der Waals surface area contributed by atoms with Gasteiger partial charge in [0.15, 0.2) is 0 Å². The molecule has 2 aromatic rings. The lowest BCUT2D eigenvalue weighted by molar-refractivity contribution is 0.395. The molecular formula is C15H16ClNO5S. The summed E-state index contributed by atoms with van der Waals surface area (Å²) in [6.45, 7) is 0. The van der Waals surface area contributed by atoms with Crippen LogP contribution in [0.3, 0.4) is 0 Å². The van der Waals surface area contributed by atoms with Gasteiger partial charge in [-0.15, -0.1) is 0 Å². The highest BCUT2D eigenvalue weighted by Gasteiger charge is 2.21. The van der Waals surface area contributed by atoms with E-state index in [1.165, 1.54) is 45.6 Å². The molecule has 0 saturated carbocycles. The van der Waals surface area contributed by atoms with Gasteiger partial charge in [-0.25, -0.2) is 8.42 Å². The molecule has 0 unspecified atom stereocenters. The van der Waals surface area contributed by atoms with E-state index in [4.69, 9.17) is 25.8 Å². The number of sulfonamides is 1. The van der Waals surface area contributed by atoms with Crippen molar-refractivity contribution in [3.05, 3.63) is 41.4 Å². The van der Waals surface area contributed by atoms with Gasteiger partial charge in [0.2, 0.25) is 0 Å². The molecule has 0 saturated heterocycles. The quantitative estimate of drug-likeness (QED) is 0.859. The zero-order chi connectivity index (χ0) is 17.0. The fourth-order valence-electron chi connectivity index (χ4n) is 1.94. The van der Waals surface area contributed by atoms with Crippen molar-refractivity contribution in [2.24, 2.45) is 0 Å². The van der Waals surface area contributed by atoms with Crippen molar-refractivity contribution in [3.63, 3.8) is 0 Å². The molecule has 0 radical (unpaired) electrons. The minimum Gasteiger partial charge on any atom is -0.497 e. The summed E-state index contributed by atoms with van der Waals surface area (Å²) in [4.78, 5) is -0.0608. The third-order valence-electron chi connectivity index (χ3n) is 3.02. The lowest BCUT2D eigenvalue weighted by Gasteiger charge is -2.13. The third kappa shape index (κ3) is 4.00. The summed E-state index contributed by atoms with van der Waals surface area (Å²) in [6, 6.07) is 9.07. The maximum Gasteiger partial charge on any atom is 0.265 e. The van der Waals surface area contributed by atoms with E-state index in [2.05, 4.69) is 4.72 Å². The largest absolute Gasteiger partial charge is 0.497 e. The third-order valence-corrected chi connectivity index (χ3v) is 4.66. The van der Waals surface area contributed by atoms with E-state index in [1.54, 1.807) is 12.1 Å². The number of methoxy groups -OCH3 is 3. The Bertz CT molecular complexity index is 785. The Morgan fingerprint density at radius 3 is 2.04 bits per heavy atom. The van der Waals surface area contributed by atoms with E-state index in [0.717, 1.165) is 0 Å². The first kappa shape index (κ1) is 17.2. The van der Waals surface area contributed by atoms with Crippen LogP contribution in [0.15, 0.2) is 41.3 Å². The van der Waals surface area contributed by atoms with Crippen molar-refractivity contribution in [1.82, 2.24) is 0 Å². The Morgan fingerprint density at radius 1 is 0.913 bits per heavy atom. The number of rotatable bonds is 6. The van der Waals surface area contributed by atoms with Crippen molar-refractivity contribution in [1.29, 1.82) is 0 Å². The van der Waals surface area contributed by atoms with E-state index < -0.39 is 10.0 Å². The Hall–Kier alpha value is -2.12. The highest BCUT2D eigenvalue weighted by molar-refractivity contribution is 7.92. The predicted octanol–water partition coefficient (Wildman–Crippen LogP) is 3.17. The lowest BCUT2D eigenvalue weighted by atomic mass is 10.3. The summed E-state index contributed by atoms with van der Waals surface area (Å²) >= 11 is 5.89. The smallest absolute Gasteiger partial charge is 0.265 e. The SMILES string of the molecule is COc1cc(NS(=O)(=O)c2cc(Cl)ccc2OC)cc(OC)c1. The molecule has 0 aliphatic heterocycles. The van der Waals surface area contributed by atoms with Crippen LogP contribution < -0.4 is 18.9 Å². The fourth-order valence-corrected chi connectivity index (χ4v) is 3.41. The van der Waals surface area contributed by atoms with Gasteiger partial charge in [0.05, 0.1) is 27.0 Å². The van der Waals surface area contributed by atoms with E-state index in [1.807, 2.05) is 0 Å². The number of benzene rings is 2. The zero-order valence-electron chi connectivity index (χ0n) is 12.8. The van der Waals surface area contributed by atoms with Gasteiger partial charge >= 0.3 is 0 Å². The van der Waals surface area contributed by atoms with Crippen LogP contribution in [0.25, 0.3) is 0 Å². The van der Waals surface area contributed by atoms with Crippen molar-refractivity contribution in [3.8, 4) is 17.2 Å². The molecule has 0 aliphatic carbocycles. The summed E-state index contributed by atoms with van der Waals surface area (Å²) in [6.07, 6.45) is 0. The van der Waals surface area contributed by atoms with Crippen LogP contribution in [0, 0.1) is 0 Å². The van der Waals surface area contributed by atoms with E-state index in [9.17, 15) is 8.42 Å². The molecule has 0 fully saturated rings. The topological polar surface area (TPSA) is 73.9 Å². The average molecular weight is 358 g/mol. The molecule has 0 aromatic heterocycles. The van der Waals surface area contributed by atoms with Crippen LogP contribution in [0.5, 0.6) is 17.2 Å². The predicted molar refractivity (Wildman–Crippen MR) is 88.4 cm³/mol. The molecule has 8 heteroatoms. The highest BCUT2D eigenvalue weighted by atomic mass is 35.5. The monoisotopic (exact) mass is 357 g/mol. The molecule has 0 bridgehead atoms. The van der Waals surface area contributed by atoms with Gasteiger partial charge in [0.1, 0.15) is 22.1 Å². The number of ether oxygens (including phenoxy) is 3. The molecule has 124 valence electrons. The molecule has 0 spiro atoms. The molecule has 23 heavy (non-hydrogen) atoms. The van der Waals surface area contributed by atoms with Gasteiger partial charge in [0, 0.05) is 23.2 Å². The Labute approximate surface area is 140 Å². The Balaban J connectivity index is 2.44. The first-order valence-corrected chi connectivity index (χ1v) is 8.35. The maximum atomic E-state index is 12.6. The number of nitrogens with one attached hydrogen (secondary N) is 1. The van der Waals surface area contributed by atoms with Gasteiger partial charge in [0.25, 0.3) is 10.0 Å². The molecule has 2 rings (SSSR count). The minimum atomic E-state index is -3.90. The van der Waals surface area contributed by atoms with Gasteiger partial charge in [-0.3, -0.25) is 4.72 Å². The second kappa shape index (κ2) is 6.97. The number of anilines is 1. The molecular weight excluding hydrogens is 342 g/mol. The van der Waals surface area contributed by atoms with Gasteiger partial charge < -0.3 is 14.2 Å². The molecule has 1 N–H and O–H groups in total. The lowest BCUT2D eigenvalue weighted by Crippen LogP contribution is -2.14. The molecule has 0 atom stereocenters. The van der Waals surface area contributed by atoms with Crippen molar-refractivity contribution in [2.45, 2.75) is 4.90 Å². The minimum absolute atomic E-state index is 0.0608.